The Labute approximate surface area is 87.2 Å². The number of nitrogens with two attached hydrogens (primary N) is 1. The number of nitrogen functional groups attached to an aromatic ring is 1. The van der Waals surface area contributed by atoms with Crippen molar-refractivity contribution in [3.8, 4) is 0 Å². The minimum absolute atomic E-state index is 0.515. The van der Waals surface area contributed by atoms with Crippen molar-refractivity contribution < 1.29 is 0 Å². The summed E-state index contributed by atoms with van der Waals surface area (Å²) in [7, 11) is 0. The normalized spacial score (nSPS) is 10.5. The molecule has 2 N–H and O–H groups in total. The van der Waals surface area contributed by atoms with Gasteiger partial charge in [-0.15, -0.1) is 21.5 Å². The Morgan fingerprint density at radius 1 is 1.46 bits per heavy atom. The van der Waals surface area contributed by atoms with Crippen molar-refractivity contribution in [2.24, 2.45) is 0 Å². The number of thioether (sulfide) groups is 1. The lowest BCUT2D eigenvalue weighted by Crippen LogP contribution is -1.80. The molecule has 2 heterocycles. The third-order valence-electron chi connectivity index (χ3n) is 1.25. The van der Waals surface area contributed by atoms with Crippen molar-refractivity contribution in [1.29, 1.82) is 0 Å². The van der Waals surface area contributed by atoms with Gasteiger partial charge in [0.05, 0.1) is 11.2 Å². The quantitative estimate of drug-likeness (QED) is 0.815. The third-order valence-corrected chi connectivity index (χ3v) is 3.80. The smallest absolute Gasteiger partial charge is 0.203 e. The van der Waals surface area contributed by atoms with E-state index in [4.69, 9.17) is 5.73 Å². The predicted molar refractivity (Wildman–Crippen MR) is 56.0 cm³/mol. The van der Waals surface area contributed by atoms with Gasteiger partial charge in [0, 0.05) is 11.1 Å². The number of thiazole rings is 1. The van der Waals surface area contributed by atoms with Crippen molar-refractivity contribution in [2.45, 2.75) is 10.1 Å². The van der Waals surface area contributed by atoms with E-state index >= 15 is 0 Å². The minimum atomic E-state index is 0.515. The van der Waals surface area contributed by atoms with Crippen LogP contribution < -0.4 is 5.73 Å². The van der Waals surface area contributed by atoms with Gasteiger partial charge < -0.3 is 5.73 Å². The van der Waals surface area contributed by atoms with Crippen LogP contribution in [-0.2, 0) is 5.75 Å². The highest BCUT2D eigenvalue weighted by Gasteiger charge is 2.02. The van der Waals surface area contributed by atoms with Gasteiger partial charge in [-0.05, 0) is 0 Å². The maximum Gasteiger partial charge on any atom is 0.203 e. The zero-order chi connectivity index (χ0) is 9.10. The van der Waals surface area contributed by atoms with E-state index in [1.807, 2.05) is 10.9 Å². The van der Waals surface area contributed by atoms with Crippen molar-refractivity contribution in [1.82, 2.24) is 15.2 Å². The largest absolute Gasteiger partial charge is 0.374 e. The van der Waals surface area contributed by atoms with Gasteiger partial charge >= 0.3 is 0 Å². The first-order chi connectivity index (χ1) is 6.34. The van der Waals surface area contributed by atoms with E-state index in [0.717, 1.165) is 15.8 Å². The van der Waals surface area contributed by atoms with Gasteiger partial charge in [0.25, 0.3) is 0 Å². The van der Waals surface area contributed by atoms with Crippen molar-refractivity contribution >= 4 is 39.6 Å². The molecule has 0 aliphatic rings. The molecule has 0 saturated carbocycles. The van der Waals surface area contributed by atoms with Gasteiger partial charge in [0.1, 0.15) is 0 Å². The highest BCUT2D eigenvalue weighted by atomic mass is 32.2. The molecule has 2 aromatic rings. The van der Waals surface area contributed by atoms with Crippen LogP contribution in [0.4, 0.5) is 5.13 Å². The van der Waals surface area contributed by atoms with Crippen LogP contribution in [-0.4, -0.2) is 15.2 Å². The number of hydrogen-bond donors (Lipinski definition) is 1. The maximum absolute atomic E-state index is 5.45. The summed E-state index contributed by atoms with van der Waals surface area (Å²) >= 11 is 4.61. The van der Waals surface area contributed by atoms with E-state index in [1.54, 1.807) is 23.1 Å². The molecule has 0 radical (unpaired) electrons. The van der Waals surface area contributed by atoms with Gasteiger partial charge in [-0.3, -0.25) is 0 Å². The first-order valence-electron chi connectivity index (χ1n) is 3.43. The Bertz CT molecular complexity index is 369. The molecule has 2 rings (SSSR count). The van der Waals surface area contributed by atoms with Crippen LogP contribution in [0, 0.1) is 0 Å². The van der Waals surface area contributed by atoms with Gasteiger partial charge in [-0.1, -0.05) is 23.1 Å². The molecule has 0 aliphatic carbocycles. The van der Waals surface area contributed by atoms with Gasteiger partial charge in [-0.2, -0.15) is 0 Å². The Kier molecular flexibility index (Phi) is 2.77. The number of nitrogens with zero attached hydrogens (tertiary/aromatic N) is 3. The van der Waals surface area contributed by atoms with E-state index in [2.05, 4.69) is 15.2 Å². The second-order valence-electron chi connectivity index (χ2n) is 2.17. The molecule has 0 fully saturated rings. The molecule has 0 atom stereocenters. The lowest BCUT2D eigenvalue weighted by atomic mass is 10.6. The first-order valence-corrected chi connectivity index (χ1v) is 6.18. The maximum atomic E-state index is 5.45. The fraction of sp³-hybridized carbons (Fsp3) is 0.167. The standard InChI is InChI=1S/C6H6N4S3/c7-5-9-10-6(13-5)12-2-4-1-11-3-8-4/h1,3H,2H2,(H2,7,9). The summed E-state index contributed by atoms with van der Waals surface area (Å²) in [6.07, 6.45) is 0. The molecule has 7 heteroatoms. The lowest BCUT2D eigenvalue weighted by molar-refractivity contribution is 1.02. The molecule has 0 bridgehead atoms. The highest BCUT2D eigenvalue weighted by molar-refractivity contribution is 8.00. The van der Waals surface area contributed by atoms with Crippen LogP contribution in [0.25, 0.3) is 0 Å². The molecule has 0 aliphatic heterocycles. The zero-order valence-corrected chi connectivity index (χ0v) is 8.96. The molecule has 68 valence electrons. The van der Waals surface area contributed by atoms with Crippen LogP contribution in [0.3, 0.4) is 0 Å². The molecular weight excluding hydrogens is 224 g/mol. The summed E-state index contributed by atoms with van der Waals surface area (Å²) in [6, 6.07) is 0. The van der Waals surface area contributed by atoms with Crippen molar-refractivity contribution in [2.75, 3.05) is 5.73 Å². The van der Waals surface area contributed by atoms with Crippen molar-refractivity contribution in [3.63, 3.8) is 0 Å². The average Bonchev–Trinajstić information content (AvgIpc) is 2.71. The number of anilines is 1. The van der Waals surface area contributed by atoms with E-state index in [0.29, 0.717) is 5.13 Å². The Hall–Kier alpha value is -0.660. The molecule has 4 nitrogen and oxygen atoms in total. The molecule has 13 heavy (non-hydrogen) atoms. The summed E-state index contributed by atoms with van der Waals surface area (Å²) in [4.78, 5) is 4.16. The first kappa shape index (κ1) is 8.92. The molecule has 0 saturated heterocycles. The zero-order valence-electron chi connectivity index (χ0n) is 6.51. The fourth-order valence-corrected chi connectivity index (χ4v) is 2.93. The highest BCUT2D eigenvalue weighted by Crippen LogP contribution is 2.26. The minimum Gasteiger partial charge on any atom is -0.374 e. The summed E-state index contributed by atoms with van der Waals surface area (Å²) in [6.45, 7) is 0. The number of hydrogen-bond acceptors (Lipinski definition) is 7. The SMILES string of the molecule is Nc1nnc(SCc2cscn2)s1. The summed E-state index contributed by atoms with van der Waals surface area (Å²) in [5, 5.41) is 10.2. The molecule has 0 aromatic carbocycles. The number of aromatic nitrogens is 3. The van der Waals surface area contributed by atoms with Crippen LogP contribution in [0.2, 0.25) is 0 Å². The summed E-state index contributed by atoms with van der Waals surface area (Å²) < 4.78 is 0.894. The van der Waals surface area contributed by atoms with E-state index in [9.17, 15) is 0 Å². The van der Waals surface area contributed by atoms with Crippen molar-refractivity contribution in [3.05, 3.63) is 16.6 Å². The predicted octanol–water partition coefficient (Wildman–Crippen LogP) is 1.87. The topological polar surface area (TPSA) is 64.7 Å². The Balaban J connectivity index is 1.93. The van der Waals surface area contributed by atoms with E-state index < -0.39 is 0 Å². The van der Waals surface area contributed by atoms with Crippen LogP contribution in [0.5, 0.6) is 0 Å². The summed E-state index contributed by atoms with van der Waals surface area (Å²) in [5.74, 6) is 0.831. The lowest BCUT2D eigenvalue weighted by Gasteiger charge is -1.90. The molecule has 2 aromatic heterocycles. The Morgan fingerprint density at radius 2 is 2.38 bits per heavy atom. The van der Waals surface area contributed by atoms with Gasteiger partial charge in [0.2, 0.25) is 5.13 Å². The van der Waals surface area contributed by atoms with Crippen LogP contribution >= 0.6 is 34.4 Å². The third kappa shape index (κ3) is 2.39. The average molecular weight is 230 g/mol. The molecular formula is C6H6N4S3. The molecule has 0 spiro atoms. The van der Waals surface area contributed by atoms with E-state index in [1.165, 1.54) is 11.3 Å². The Morgan fingerprint density at radius 3 is 3.00 bits per heavy atom. The van der Waals surface area contributed by atoms with Crippen LogP contribution in [0.15, 0.2) is 15.2 Å². The second kappa shape index (κ2) is 4.03. The van der Waals surface area contributed by atoms with Gasteiger partial charge in [0.15, 0.2) is 4.34 Å². The van der Waals surface area contributed by atoms with Crippen LogP contribution in [0.1, 0.15) is 5.69 Å². The number of rotatable bonds is 3. The van der Waals surface area contributed by atoms with E-state index in [-0.39, 0.29) is 0 Å². The molecule has 0 amide bonds. The summed E-state index contributed by atoms with van der Waals surface area (Å²) in [5.41, 5.74) is 8.34. The monoisotopic (exact) mass is 230 g/mol. The molecule has 0 unspecified atom stereocenters. The van der Waals surface area contributed by atoms with Gasteiger partial charge in [-0.25, -0.2) is 4.98 Å². The second-order valence-corrected chi connectivity index (χ2v) is 5.12. The fourth-order valence-electron chi connectivity index (χ4n) is 0.723.